The summed E-state index contributed by atoms with van der Waals surface area (Å²) in [5.74, 6) is -0.668. The number of fused-ring (bicyclic) bond motifs is 7. The van der Waals surface area contributed by atoms with Gasteiger partial charge in [-0.25, -0.2) is 0 Å². The van der Waals surface area contributed by atoms with Crippen molar-refractivity contribution < 1.29 is 14.4 Å². The highest BCUT2D eigenvalue weighted by atomic mass is 16.2. The van der Waals surface area contributed by atoms with Gasteiger partial charge in [0.05, 0.1) is 6.04 Å². The van der Waals surface area contributed by atoms with E-state index in [1.165, 1.54) is 0 Å². The largest absolute Gasteiger partial charge is 0.356 e. The zero-order valence-electron chi connectivity index (χ0n) is 23.4. The van der Waals surface area contributed by atoms with Crippen molar-refractivity contribution >= 4 is 28.6 Å². The second kappa shape index (κ2) is 11.6. The molecule has 3 heterocycles. The van der Waals surface area contributed by atoms with Gasteiger partial charge in [-0.2, -0.15) is 0 Å². The fourth-order valence-corrected chi connectivity index (χ4v) is 6.35. The van der Waals surface area contributed by atoms with Crippen molar-refractivity contribution in [3.8, 4) is 0 Å². The number of nitrogens with zero attached hydrogens (tertiary/aromatic N) is 1. The van der Waals surface area contributed by atoms with Crippen LogP contribution in [0.1, 0.15) is 71.4 Å². The second-order valence-corrected chi connectivity index (χ2v) is 11.1. The molecule has 3 aromatic carbocycles. The van der Waals surface area contributed by atoms with E-state index >= 15 is 0 Å². The molecule has 3 amide bonds. The Balaban J connectivity index is 1.30. The number of aromatic amines is 1. The van der Waals surface area contributed by atoms with Gasteiger partial charge in [-0.05, 0) is 35.2 Å². The summed E-state index contributed by atoms with van der Waals surface area (Å²) in [6.45, 7) is 2.73. The molecule has 0 saturated carbocycles. The van der Waals surface area contributed by atoms with Gasteiger partial charge < -0.3 is 20.5 Å². The Morgan fingerprint density at radius 2 is 1.71 bits per heavy atom. The van der Waals surface area contributed by atoms with Crippen molar-refractivity contribution in [2.45, 2.75) is 63.6 Å². The molecule has 0 unspecified atom stereocenters. The quantitative estimate of drug-likeness (QED) is 0.242. The molecule has 0 aliphatic carbocycles. The normalized spacial score (nSPS) is 18.0. The van der Waals surface area contributed by atoms with Crippen molar-refractivity contribution in [1.29, 1.82) is 0 Å². The molecule has 0 radical (unpaired) electrons. The predicted octanol–water partition coefficient (Wildman–Crippen LogP) is 5.06. The summed E-state index contributed by atoms with van der Waals surface area (Å²) in [4.78, 5) is 46.5. The number of H-pyrrole nitrogens is 1. The van der Waals surface area contributed by atoms with E-state index in [1.807, 2.05) is 72.8 Å². The van der Waals surface area contributed by atoms with Crippen LogP contribution < -0.4 is 10.6 Å². The third kappa shape index (κ3) is 5.12. The molecule has 7 heteroatoms. The maximum atomic E-state index is 14.1. The van der Waals surface area contributed by atoms with Gasteiger partial charge in [-0.3, -0.25) is 14.4 Å². The standard InChI is InChI=1S/C34H36N4O3/c1-2-3-4-12-19-35-32(39)28(20-22-13-6-5-7-14-22)37-33(40)29-21-26-23-15-10-11-18-27(23)36-30(26)31-24-16-8-9-17-25(24)34(41)38(29)31/h5-11,13-18,28-29,31,36H,2-4,12,19-21H2,1H3,(H,35,39)(H,37,40)/t28-,29-,31-/m0/s1. The van der Waals surface area contributed by atoms with Crippen LogP contribution in [0.25, 0.3) is 10.9 Å². The lowest BCUT2D eigenvalue weighted by molar-refractivity contribution is -0.132. The number of hydrogen-bond donors (Lipinski definition) is 3. The highest BCUT2D eigenvalue weighted by Crippen LogP contribution is 2.46. The molecule has 210 valence electrons. The fourth-order valence-electron chi connectivity index (χ4n) is 6.35. The van der Waals surface area contributed by atoms with Crippen molar-refractivity contribution in [3.63, 3.8) is 0 Å². The first-order valence-corrected chi connectivity index (χ1v) is 14.7. The lowest BCUT2D eigenvalue weighted by Crippen LogP contribution is -2.57. The average molecular weight is 549 g/mol. The first-order chi connectivity index (χ1) is 20.1. The molecule has 4 aromatic rings. The molecular weight excluding hydrogens is 512 g/mol. The molecule has 0 spiro atoms. The monoisotopic (exact) mass is 548 g/mol. The zero-order valence-corrected chi connectivity index (χ0v) is 23.4. The summed E-state index contributed by atoms with van der Waals surface area (Å²) in [6, 6.07) is 23.5. The Labute approximate surface area is 240 Å². The summed E-state index contributed by atoms with van der Waals surface area (Å²) >= 11 is 0. The predicted molar refractivity (Wildman–Crippen MR) is 159 cm³/mol. The number of carbonyl (C=O) groups excluding carboxylic acids is 3. The van der Waals surface area contributed by atoms with E-state index in [-0.39, 0.29) is 23.8 Å². The molecule has 7 nitrogen and oxygen atoms in total. The summed E-state index contributed by atoms with van der Waals surface area (Å²) in [5.41, 5.74) is 5.47. The van der Waals surface area contributed by atoms with Crippen molar-refractivity contribution in [3.05, 3.63) is 107 Å². The van der Waals surface area contributed by atoms with Crippen LogP contribution in [-0.2, 0) is 22.4 Å². The van der Waals surface area contributed by atoms with E-state index in [9.17, 15) is 14.4 Å². The third-order valence-electron chi connectivity index (χ3n) is 8.40. The summed E-state index contributed by atoms with van der Waals surface area (Å²) in [7, 11) is 0. The average Bonchev–Trinajstić information content (AvgIpc) is 3.52. The first-order valence-electron chi connectivity index (χ1n) is 14.7. The summed E-state index contributed by atoms with van der Waals surface area (Å²) < 4.78 is 0. The van der Waals surface area contributed by atoms with Crippen molar-refractivity contribution in [2.24, 2.45) is 0 Å². The van der Waals surface area contributed by atoms with E-state index in [1.54, 1.807) is 4.90 Å². The van der Waals surface area contributed by atoms with E-state index < -0.39 is 12.1 Å². The number of nitrogens with one attached hydrogen (secondary N) is 3. The highest BCUT2D eigenvalue weighted by Gasteiger charge is 2.49. The van der Waals surface area contributed by atoms with Crippen LogP contribution in [0.2, 0.25) is 0 Å². The van der Waals surface area contributed by atoms with Gasteiger partial charge in [0.1, 0.15) is 12.1 Å². The van der Waals surface area contributed by atoms with Gasteiger partial charge in [-0.1, -0.05) is 92.9 Å². The molecule has 6 rings (SSSR count). The van der Waals surface area contributed by atoms with Crippen LogP contribution in [0.15, 0.2) is 78.9 Å². The van der Waals surface area contributed by atoms with Crippen LogP contribution in [-0.4, -0.2) is 46.2 Å². The lowest BCUT2D eigenvalue weighted by Gasteiger charge is -2.37. The number of amides is 3. The molecule has 41 heavy (non-hydrogen) atoms. The first kappa shape index (κ1) is 26.8. The number of para-hydroxylation sites is 1. The highest BCUT2D eigenvalue weighted by molar-refractivity contribution is 6.04. The maximum absolute atomic E-state index is 14.1. The Bertz CT molecular complexity index is 1580. The Kier molecular flexibility index (Phi) is 7.59. The van der Waals surface area contributed by atoms with Gasteiger partial charge in [0.25, 0.3) is 5.91 Å². The third-order valence-corrected chi connectivity index (χ3v) is 8.40. The van der Waals surface area contributed by atoms with Crippen LogP contribution in [0.5, 0.6) is 0 Å². The minimum atomic E-state index is -0.751. The number of rotatable bonds is 10. The van der Waals surface area contributed by atoms with Crippen LogP contribution in [0, 0.1) is 0 Å². The number of hydrogen-bond acceptors (Lipinski definition) is 3. The Morgan fingerprint density at radius 3 is 2.54 bits per heavy atom. The van der Waals surface area contributed by atoms with Crippen LogP contribution in [0.4, 0.5) is 0 Å². The topological polar surface area (TPSA) is 94.3 Å². The van der Waals surface area contributed by atoms with Crippen molar-refractivity contribution in [2.75, 3.05) is 6.54 Å². The Morgan fingerprint density at radius 1 is 0.951 bits per heavy atom. The molecule has 2 aliphatic rings. The lowest BCUT2D eigenvalue weighted by atomic mass is 9.89. The van der Waals surface area contributed by atoms with Gasteiger partial charge in [0, 0.05) is 41.5 Å². The van der Waals surface area contributed by atoms with E-state index in [4.69, 9.17) is 0 Å². The molecule has 3 N–H and O–H groups in total. The molecule has 0 fully saturated rings. The van der Waals surface area contributed by atoms with E-state index in [0.29, 0.717) is 24.9 Å². The summed E-state index contributed by atoms with van der Waals surface area (Å²) in [5, 5.41) is 7.16. The zero-order chi connectivity index (χ0) is 28.3. The van der Waals surface area contributed by atoms with Crippen LogP contribution >= 0.6 is 0 Å². The maximum Gasteiger partial charge on any atom is 0.255 e. The molecule has 2 aliphatic heterocycles. The number of benzene rings is 3. The molecule has 0 bridgehead atoms. The minimum absolute atomic E-state index is 0.157. The number of unbranched alkanes of at least 4 members (excludes halogenated alkanes) is 3. The number of carbonyl (C=O) groups is 3. The van der Waals surface area contributed by atoms with E-state index in [0.717, 1.165) is 59.0 Å². The van der Waals surface area contributed by atoms with Gasteiger partial charge in [-0.15, -0.1) is 0 Å². The Hall–Kier alpha value is -4.39. The molecular formula is C34H36N4O3. The SMILES string of the molecule is CCCCCCNC(=O)[C@H](Cc1ccccc1)NC(=O)[C@@H]1Cc2c([nH]c3ccccc23)[C@@H]2c3ccccc3C(=O)N21. The van der Waals surface area contributed by atoms with Gasteiger partial charge in [0.2, 0.25) is 11.8 Å². The van der Waals surface area contributed by atoms with Gasteiger partial charge >= 0.3 is 0 Å². The number of aromatic nitrogens is 1. The second-order valence-electron chi connectivity index (χ2n) is 11.1. The van der Waals surface area contributed by atoms with Crippen LogP contribution in [0.3, 0.4) is 0 Å². The smallest absolute Gasteiger partial charge is 0.255 e. The van der Waals surface area contributed by atoms with Gasteiger partial charge in [0.15, 0.2) is 0 Å². The molecule has 3 atom stereocenters. The fraction of sp³-hybridized carbons (Fsp3) is 0.324. The van der Waals surface area contributed by atoms with Crippen molar-refractivity contribution in [1.82, 2.24) is 20.5 Å². The molecule has 1 aromatic heterocycles. The molecule has 0 saturated heterocycles. The minimum Gasteiger partial charge on any atom is -0.356 e. The summed E-state index contributed by atoms with van der Waals surface area (Å²) in [6.07, 6.45) is 4.96. The van der Waals surface area contributed by atoms with E-state index in [2.05, 4.69) is 28.6 Å².